The van der Waals surface area contributed by atoms with Crippen molar-refractivity contribution in [2.24, 2.45) is 5.10 Å². The average Bonchev–Trinajstić information content (AvgIpc) is 3.25. The Morgan fingerprint density at radius 3 is 2.44 bits per heavy atom. The number of hydrogen-bond donors (Lipinski definition) is 0. The van der Waals surface area contributed by atoms with Gasteiger partial charge in [0.25, 0.3) is 5.56 Å². The van der Waals surface area contributed by atoms with Crippen molar-refractivity contribution in [1.29, 1.82) is 0 Å². The first kappa shape index (κ1) is 29.7. The first-order valence-electron chi connectivity index (χ1n) is 13.0. The van der Waals surface area contributed by atoms with Crippen molar-refractivity contribution in [2.45, 2.75) is 33.4 Å². The highest BCUT2D eigenvalue weighted by molar-refractivity contribution is 9.10. The first-order valence-corrected chi connectivity index (χ1v) is 13.7. The quantitative estimate of drug-likeness (QED) is 0.102. The number of fused-ring (bicyclic) bond motifs is 1. The molecular weight excluding hydrogens is 631 g/mol. The summed E-state index contributed by atoms with van der Waals surface area (Å²) in [5.41, 5.74) is 1.59. The number of nitrogens with zero attached hydrogens (tertiary/aromatic N) is 5. The number of rotatable bonds is 7. The van der Waals surface area contributed by atoms with Gasteiger partial charge in [0.2, 0.25) is 5.75 Å². The van der Waals surface area contributed by atoms with E-state index in [4.69, 9.17) is 4.74 Å². The van der Waals surface area contributed by atoms with Gasteiger partial charge >= 0.3 is 11.9 Å². The Balaban J connectivity index is 1.43. The molecule has 3 aromatic carbocycles. The molecule has 5 aromatic rings. The van der Waals surface area contributed by atoms with E-state index in [0.717, 1.165) is 39.2 Å². The number of aromatic nitrogens is 3. The molecule has 2 heterocycles. The second-order valence-corrected chi connectivity index (χ2v) is 10.5. The highest BCUT2D eigenvalue weighted by Crippen LogP contribution is 2.38. The van der Waals surface area contributed by atoms with Gasteiger partial charge in [0.05, 0.1) is 27.6 Å². The Hall–Kier alpha value is -4.78. The predicted molar refractivity (Wildman–Crippen MR) is 159 cm³/mol. The molecule has 0 aliphatic carbocycles. The number of nitro benzene ring substituents is 1. The molecule has 0 amide bonds. The maximum atomic E-state index is 13.2. The van der Waals surface area contributed by atoms with Gasteiger partial charge in [-0.1, -0.05) is 22.9 Å². The van der Waals surface area contributed by atoms with E-state index >= 15 is 0 Å². The summed E-state index contributed by atoms with van der Waals surface area (Å²) in [4.78, 5) is 28.3. The molecule has 2 aromatic heterocycles. The van der Waals surface area contributed by atoms with Crippen LogP contribution in [0.5, 0.6) is 11.5 Å². The molecule has 9 nitrogen and oxygen atoms in total. The number of ether oxygens (including phenoxy) is 1. The minimum absolute atomic E-state index is 0.206. The number of benzene rings is 3. The molecule has 0 aliphatic heterocycles. The molecular formula is C30H23BrF3N5O4. The van der Waals surface area contributed by atoms with Crippen LogP contribution >= 0.6 is 15.9 Å². The van der Waals surface area contributed by atoms with Gasteiger partial charge in [-0.15, -0.1) is 0 Å². The van der Waals surface area contributed by atoms with Gasteiger partial charge < -0.3 is 9.30 Å². The van der Waals surface area contributed by atoms with Crippen LogP contribution in [-0.4, -0.2) is 25.4 Å². The average molecular weight is 654 g/mol. The molecule has 0 N–H and O–H groups in total. The summed E-state index contributed by atoms with van der Waals surface area (Å²) >= 11 is 3.39. The summed E-state index contributed by atoms with van der Waals surface area (Å²) in [5, 5.41) is 16.3. The van der Waals surface area contributed by atoms with Gasteiger partial charge in [0.15, 0.2) is 0 Å². The highest BCUT2D eigenvalue weighted by Gasteiger charge is 2.33. The minimum atomic E-state index is -4.72. The van der Waals surface area contributed by atoms with Crippen molar-refractivity contribution < 1.29 is 22.8 Å². The lowest BCUT2D eigenvalue weighted by Gasteiger charge is -2.12. The van der Waals surface area contributed by atoms with Crippen LogP contribution in [0.25, 0.3) is 16.6 Å². The normalized spacial score (nSPS) is 11.9. The molecule has 220 valence electrons. The molecule has 0 fully saturated rings. The third-order valence-electron chi connectivity index (χ3n) is 6.78. The lowest BCUT2D eigenvalue weighted by Crippen LogP contribution is -2.22. The van der Waals surface area contributed by atoms with Crippen molar-refractivity contribution in [2.75, 3.05) is 0 Å². The van der Waals surface area contributed by atoms with E-state index in [2.05, 4.69) is 26.0 Å². The monoisotopic (exact) mass is 653 g/mol. The Bertz CT molecular complexity index is 1960. The van der Waals surface area contributed by atoms with Gasteiger partial charge in [-0.25, -0.2) is 4.98 Å². The SMILES string of the molecule is CCc1nc2ccc(Br)cc2c(=O)n1N=Cc1cc(C)n(-c2ccc(Oc3ccc(C(F)(F)F)cc3[N+](=O)[O-])cc2)c1C. The fraction of sp³-hybridized carbons (Fsp3) is 0.167. The maximum absolute atomic E-state index is 13.2. The smallest absolute Gasteiger partial charge is 0.416 e. The molecule has 0 spiro atoms. The van der Waals surface area contributed by atoms with Gasteiger partial charge in [-0.2, -0.15) is 22.9 Å². The second kappa shape index (κ2) is 11.5. The number of aryl methyl sites for hydroxylation is 2. The number of alkyl halides is 3. The predicted octanol–water partition coefficient (Wildman–Crippen LogP) is 7.73. The highest BCUT2D eigenvalue weighted by atomic mass is 79.9. The molecule has 5 rings (SSSR count). The third kappa shape index (κ3) is 5.93. The van der Waals surface area contributed by atoms with Crippen LogP contribution in [0, 0.1) is 24.0 Å². The zero-order valence-corrected chi connectivity index (χ0v) is 24.6. The van der Waals surface area contributed by atoms with Gasteiger partial charge in [-0.3, -0.25) is 14.9 Å². The molecule has 0 bridgehead atoms. The number of hydrogen-bond acceptors (Lipinski definition) is 6. The van der Waals surface area contributed by atoms with E-state index in [0.29, 0.717) is 29.2 Å². The van der Waals surface area contributed by atoms with E-state index in [1.54, 1.807) is 42.6 Å². The Labute approximate surface area is 251 Å². The van der Waals surface area contributed by atoms with E-state index in [1.807, 2.05) is 37.5 Å². The van der Waals surface area contributed by atoms with Gasteiger partial charge in [0, 0.05) is 39.6 Å². The molecule has 0 aliphatic rings. The fourth-order valence-corrected chi connectivity index (χ4v) is 5.05. The summed E-state index contributed by atoms with van der Waals surface area (Å²) < 4.78 is 48.7. The topological polar surface area (TPSA) is 105 Å². The number of halogens is 4. The Morgan fingerprint density at radius 2 is 1.79 bits per heavy atom. The molecule has 0 radical (unpaired) electrons. The van der Waals surface area contributed by atoms with E-state index < -0.39 is 22.4 Å². The zero-order chi connectivity index (χ0) is 31.1. The van der Waals surface area contributed by atoms with Crippen LogP contribution in [0.15, 0.2) is 81.1 Å². The van der Waals surface area contributed by atoms with Crippen LogP contribution in [0.3, 0.4) is 0 Å². The number of nitro groups is 1. The summed E-state index contributed by atoms with van der Waals surface area (Å²) in [7, 11) is 0. The molecule has 43 heavy (non-hydrogen) atoms. The summed E-state index contributed by atoms with van der Waals surface area (Å²) in [6.07, 6.45) is -2.62. The molecule has 0 saturated heterocycles. The molecule has 0 unspecified atom stereocenters. The zero-order valence-electron chi connectivity index (χ0n) is 23.0. The van der Waals surface area contributed by atoms with E-state index in [9.17, 15) is 28.1 Å². The summed E-state index contributed by atoms with van der Waals surface area (Å²) in [5.74, 6) is 0.418. The molecule has 13 heteroatoms. The van der Waals surface area contributed by atoms with Gasteiger partial charge in [0.1, 0.15) is 11.6 Å². The summed E-state index contributed by atoms with van der Waals surface area (Å²) in [6, 6.07) is 15.9. The van der Waals surface area contributed by atoms with Crippen LogP contribution in [0.4, 0.5) is 18.9 Å². The Morgan fingerprint density at radius 1 is 1.07 bits per heavy atom. The van der Waals surface area contributed by atoms with Crippen LogP contribution in [0.1, 0.15) is 35.3 Å². The largest absolute Gasteiger partial charge is 0.450 e. The summed E-state index contributed by atoms with van der Waals surface area (Å²) in [6.45, 7) is 5.69. The van der Waals surface area contributed by atoms with Crippen molar-refractivity contribution in [3.8, 4) is 17.2 Å². The van der Waals surface area contributed by atoms with E-state index in [-0.39, 0.29) is 17.1 Å². The van der Waals surface area contributed by atoms with Crippen molar-refractivity contribution in [3.63, 3.8) is 0 Å². The van der Waals surface area contributed by atoms with Gasteiger partial charge in [-0.05, 0) is 74.5 Å². The van der Waals surface area contributed by atoms with Crippen molar-refractivity contribution in [1.82, 2.24) is 14.2 Å². The third-order valence-corrected chi connectivity index (χ3v) is 7.27. The standard InChI is InChI=1S/C30H23BrF3N5O4/c1-4-28-36-25-11-6-21(31)15-24(25)29(40)38(28)35-16-19-13-17(2)37(18(19)3)22-7-9-23(10-8-22)43-27-12-5-20(30(32,33)34)14-26(27)39(41)42/h5-16H,4H2,1-3H3. The van der Waals surface area contributed by atoms with Crippen molar-refractivity contribution >= 4 is 38.7 Å². The molecule has 0 atom stereocenters. The van der Waals surface area contributed by atoms with E-state index in [1.165, 1.54) is 4.68 Å². The fourth-order valence-electron chi connectivity index (χ4n) is 4.69. The van der Waals surface area contributed by atoms with Crippen LogP contribution in [-0.2, 0) is 12.6 Å². The lowest BCUT2D eigenvalue weighted by atomic mass is 10.2. The molecule has 0 saturated carbocycles. The minimum Gasteiger partial charge on any atom is -0.450 e. The maximum Gasteiger partial charge on any atom is 0.416 e. The lowest BCUT2D eigenvalue weighted by molar-refractivity contribution is -0.385. The first-order chi connectivity index (χ1) is 20.4. The van der Waals surface area contributed by atoms with Crippen LogP contribution < -0.4 is 10.3 Å². The van der Waals surface area contributed by atoms with Crippen LogP contribution in [0.2, 0.25) is 0 Å². The van der Waals surface area contributed by atoms with Crippen molar-refractivity contribution in [3.05, 3.63) is 120 Å². The second-order valence-electron chi connectivity index (χ2n) is 9.60. The Kier molecular flexibility index (Phi) is 7.93.